The van der Waals surface area contributed by atoms with Gasteiger partial charge in [-0.25, -0.2) is 9.37 Å². The Morgan fingerprint density at radius 1 is 1.18 bits per heavy atom. The molecule has 0 fully saturated rings. The van der Waals surface area contributed by atoms with Crippen LogP contribution in [0, 0.1) is 5.82 Å². The number of nitrogens with zero attached hydrogens (tertiary/aromatic N) is 1. The summed E-state index contributed by atoms with van der Waals surface area (Å²) in [4.78, 5) is 16.8. The van der Waals surface area contributed by atoms with Crippen molar-refractivity contribution in [2.75, 3.05) is 19.5 Å². The van der Waals surface area contributed by atoms with E-state index in [1.807, 2.05) is 0 Å². The first-order valence-electron chi connectivity index (χ1n) is 8.05. The number of thiazole rings is 1. The summed E-state index contributed by atoms with van der Waals surface area (Å²) in [5.74, 6) is 0.570. The zero-order valence-electron chi connectivity index (χ0n) is 15.0. The molecule has 3 aromatic rings. The van der Waals surface area contributed by atoms with E-state index in [2.05, 4.69) is 10.3 Å². The van der Waals surface area contributed by atoms with Gasteiger partial charge in [0.1, 0.15) is 40.4 Å². The summed E-state index contributed by atoms with van der Waals surface area (Å²) >= 11 is 7.35. The van der Waals surface area contributed by atoms with Gasteiger partial charge in [0.05, 0.1) is 24.9 Å². The minimum Gasteiger partial charge on any atom is -0.495 e. The summed E-state index contributed by atoms with van der Waals surface area (Å²) in [7, 11) is 2.95. The molecule has 2 aromatic carbocycles. The number of carbonyl (C=O) groups excluding carboxylic acids is 1. The number of hydrogen-bond acceptors (Lipinski definition) is 6. The Morgan fingerprint density at radius 2 is 1.89 bits per heavy atom. The van der Waals surface area contributed by atoms with Gasteiger partial charge in [0, 0.05) is 17.5 Å². The van der Waals surface area contributed by atoms with Gasteiger partial charge in [-0.3, -0.25) is 4.79 Å². The maximum absolute atomic E-state index is 12.9. The summed E-state index contributed by atoms with van der Waals surface area (Å²) in [6.07, 6.45) is 0. The fourth-order valence-electron chi connectivity index (χ4n) is 2.30. The van der Waals surface area contributed by atoms with Crippen molar-refractivity contribution in [1.82, 2.24) is 4.98 Å². The molecule has 1 N–H and O–H groups in total. The van der Waals surface area contributed by atoms with E-state index < -0.39 is 5.91 Å². The lowest BCUT2D eigenvalue weighted by Crippen LogP contribution is -2.13. The Bertz CT molecular complexity index is 979. The summed E-state index contributed by atoms with van der Waals surface area (Å²) in [6, 6.07) is 8.80. The summed E-state index contributed by atoms with van der Waals surface area (Å²) in [5, 5.41) is 5.33. The van der Waals surface area contributed by atoms with E-state index in [0.29, 0.717) is 33.0 Å². The zero-order chi connectivity index (χ0) is 20.1. The average molecular weight is 423 g/mol. The number of anilines is 1. The predicted molar refractivity (Wildman–Crippen MR) is 105 cm³/mol. The SMILES string of the molecule is COc1cc(NC(=O)c2csc(COc3ccc(F)cc3)n2)c(OC)cc1Cl. The van der Waals surface area contributed by atoms with E-state index in [-0.39, 0.29) is 18.1 Å². The lowest BCUT2D eigenvalue weighted by atomic mass is 10.2. The first kappa shape index (κ1) is 19.9. The fraction of sp³-hybridized carbons (Fsp3) is 0.158. The molecule has 9 heteroatoms. The number of carbonyl (C=O) groups is 1. The highest BCUT2D eigenvalue weighted by Crippen LogP contribution is 2.36. The second-order valence-electron chi connectivity index (χ2n) is 5.51. The molecule has 0 bridgehead atoms. The molecule has 0 saturated heterocycles. The topological polar surface area (TPSA) is 69.7 Å². The summed E-state index contributed by atoms with van der Waals surface area (Å²) in [6.45, 7) is 0.168. The van der Waals surface area contributed by atoms with E-state index >= 15 is 0 Å². The number of halogens is 2. The Balaban J connectivity index is 1.68. The molecule has 1 heterocycles. The molecule has 0 spiro atoms. The smallest absolute Gasteiger partial charge is 0.275 e. The van der Waals surface area contributed by atoms with Crippen molar-refractivity contribution in [3.8, 4) is 17.2 Å². The second kappa shape index (κ2) is 8.90. The molecule has 0 saturated carbocycles. The monoisotopic (exact) mass is 422 g/mol. The van der Waals surface area contributed by atoms with Gasteiger partial charge in [-0.15, -0.1) is 11.3 Å². The van der Waals surface area contributed by atoms with Crippen LogP contribution >= 0.6 is 22.9 Å². The van der Waals surface area contributed by atoms with Gasteiger partial charge >= 0.3 is 0 Å². The van der Waals surface area contributed by atoms with Crippen LogP contribution < -0.4 is 19.5 Å². The number of hydrogen-bond donors (Lipinski definition) is 1. The van der Waals surface area contributed by atoms with Gasteiger partial charge in [-0.05, 0) is 24.3 Å². The third kappa shape index (κ3) is 4.71. The second-order valence-corrected chi connectivity index (χ2v) is 6.86. The molecule has 0 aliphatic rings. The predicted octanol–water partition coefficient (Wildman–Crippen LogP) is 4.78. The molecule has 28 heavy (non-hydrogen) atoms. The molecular formula is C19H16ClFN2O4S. The van der Waals surface area contributed by atoms with Crippen molar-refractivity contribution >= 4 is 34.5 Å². The summed E-state index contributed by atoms with van der Waals surface area (Å²) in [5.41, 5.74) is 0.643. The summed E-state index contributed by atoms with van der Waals surface area (Å²) < 4.78 is 28.9. The van der Waals surface area contributed by atoms with Crippen LogP contribution in [0.5, 0.6) is 17.2 Å². The Hall–Kier alpha value is -2.84. The Morgan fingerprint density at radius 3 is 2.57 bits per heavy atom. The van der Waals surface area contributed by atoms with Gasteiger partial charge in [0.25, 0.3) is 5.91 Å². The fourth-order valence-corrected chi connectivity index (χ4v) is 3.22. The Labute approximate surface area is 169 Å². The third-order valence-corrected chi connectivity index (χ3v) is 4.80. The lowest BCUT2D eigenvalue weighted by molar-refractivity contribution is 0.102. The van der Waals surface area contributed by atoms with Crippen molar-refractivity contribution in [3.63, 3.8) is 0 Å². The van der Waals surface area contributed by atoms with Crippen LogP contribution in [-0.4, -0.2) is 25.1 Å². The molecule has 0 unspecified atom stereocenters. The van der Waals surface area contributed by atoms with Crippen molar-refractivity contribution < 1.29 is 23.4 Å². The van der Waals surface area contributed by atoms with Crippen molar-refractivity contribution in [2.24, 2.45) is 0 Å². The van der Waals surface area contributed by atoms with E-state index in [9.17, 15) is 9.18 Å². The maximum Gasteiger partial charge on any atom is 0.275 e. The zero-order valence-corrected chi connectivity index (χ0v) is 16.6. The van der Waals surface area contributed by atoms with Gasteiger partial charge in [-0.2, -0.15) is 0 Å². The van der Waals surface area contributed by atoms with E-state index in [1.54, 1.807) is 17.5 Å². The van der Waals surface area contributed by atoms with Crippen molar-refractivity contribution in [3.05, 3.63) is 63.3 Å². The van der Waals surface area contributed by atoms with Gasteiger partial charge in [0.2, 0.25) is 0 Å². The van der Waals surface area contributed by atoms with Crippen LogP contribution in [0.15, 0.2) is 41.8 Å². The number of amides is 1. The van der Waals surface area contributed by atoms with Crippen molar-refractivity contribution in [1.29, 1.82) is 0 Å². The molecule has 0 atom stereocenters. The van der Waals surface area contributed by atoms with Crippen LogP contribution in [0.4, 0.5) is 10.1 Å². The van der Waals surface area contributed by atoms with E-state index in [4.69, 9.17) is 25.8 Å². The number of ether oxygens (including phenoxy) is 3. The van der Waals surface area contributed by atoms with Crippen LogP contribution in [0.2, 0.25) is 5.02 Å². The van der Waals surface area contributed by atoms with Crippen molar-refractivity contribution in [2.45, 2.75) is 6.61 Å². The molecule has 0 radical (unpaired) electrons. The quantitative estimate of drug-likeness (QED) is 0.593. The number of methoxy groups -OCH3 is 2. The first-order chi connectivity index (χ1) is 13.5. The average Bonchev–Trinajstić information content (AvgIpc) is 3.17. The highest BCUT2D eigenvalue weighted by Gasteiger charge is 2.16. The highest BCUT2D eigenvalue weighted by atomic mass is 35.5. The van der Waals surface area contributed by atoms with E-state index in [0.717, 1.165) is 0 Å². The molecular weight excluding hydrogens is 407 g/mol. The molecule has 6 nitrogen and oxygen atoms in total. The number of aromatic nitrogens is 1. The molecule has 146 valence electrons. The number of nitrogens with one attached hydrogen (secondary N) is 1. The molecule has 3 rings (SSSR count). The molecule has 1 aromatic heterocycles. The van der Waals surface area contributed by atoms with E-state index in [1.165, 1.54) is 49.8 Å². The van der Waals surface area contributed by atoms with Gasteiger partial charge in [0.15, 0.2) is 0 Å². The number of rotatable bonds is 7. The minimum atomic E-state index is -0.410. The van der Waals surface area contributed by atoms with Crippen LogP contribution in [0.3, 0.4) is 0 Å². The molecule has 0 aliphatic heterocycles. The van der Waals surface area contributed by atoms with Crippen LogP contribution in [0.1, 0.15) is 15.5 Å². The van der Waals surface area contributed by atoms with Crippen LogP contribution in [-0.2, 0) is 6.61 Å². The minimum absolute atomic E-state index is 0.168. The lowest BCUT2D eigenvalue weighted by Gasteiger charge is -2.12. The molecule has 0 aliphatic carbocycles. The molecule has 1 amide bonds. The van der Waals surface area contributed by atoms with Gasteiger partial charge < -0.3 is 19.5 Å². The largest absolute Gasteiger partial charge is 0.495 e. The maximum atomic E-state index is 12.9. The normalized spacial score (nSPS) is 10.4. The number of benzene rings is 2. The first-order valence-corrected chi connectivity index (χ1v) is 9.31. The third-order valence-electron chi connectivity index (χ3n) is 3.68. The van der Waals surface area contributed by atoms with Gasteiger partial charge in [-0.1, -0.05) is 11.6 Å². The highest BCUT2D eigenvalue weighted by molar-refractivity contribution is 7.09. The van der Waals surface area contributed by atoms with Crippen LogP contribution in [0.25, 0.3) is 0 Å². The Kier molecular flexibility index (Phi) is 6.33. The standard InChI is InChI=1S/C19H16ClFN2O4S/c1-25-16-8-14(17(26-2)7-13(16)20)23-19(24)15-10-28-18(22-15)9-27-12-5-3-11(21)4-6-12/h3-8,10H,9H2,1-2H3,(H,23,24).